The highest BCUT2D eigenvalue weighted by molar-refractivity contribution is 7.90. The summed E-state index contributed by atoms with van der Waals surface area (Å²) in [5.41, 5.74) is 1.39. The summed E-state index contributed by atoms with van der Waals surface area (Å²) in [6, 6.07) is 16.8. The summed E-state index contributed by atoms with van der Waals surface area (Å²) in [4.78, 5) is 34.4. The number of benzene rings is 3. The van der Waals surface area contributed by atoms with E-state index >= 15 is 0 Å². The summed E-state index contributed by atoms with van der Waals surface area (Å²) in [5, 5.41) is 16.1. The lowest BCUT2D eigenvalue weighted by Crippen LogP contribution is -2.34. The number of thiocarbonyl (C=S) groups is 1. The Morgan fingerprint density at radius 3 is 2.12 bits per heavy atom. The van der Waals surface area contributed by atoms with Crippen LogP contribution in [0.15, 0.2) is 77.7 Å². The summed E-state index contributed by atoms with van der Waals surface area (Å²) in [7, 11) is -4.20. The van der Waals surface area contributed by atoms with Gasteiger partial charge in [0.05, 0.1) is 9.82 Å². The monoisotopic (exact) mass is 498 g/mol. The third-order valence-corrected chi connectivity index (χ3v) is 6.16. The molecule has 34 heavy (non-hydrogen) atoms. The predicted molar refractivity (Wildman–Crippen MR) is 129 cm³/mol. The van der Waals surface area contributed by atoms with Gasteiger partial charge in [-0.2, -0.15) is 0 Å². The van der Waals surface area contributed by atoms with Crippen LogP contribution in [0.2, 0.25) is 0 Å². The first-order chi connectivity index (χ1) is 16.1. The second-order valence-electron chi connectivity index (χ2n) is 6.99. The summed E-state index contributed by atoms with van der Waals surface area (Å²) < 4.78 is 26.9. The molecule has 0 radical (unpaired) electrons. The van der Waals surface area contributed by atoms with Crippen LogP contribution >= 0.6 is 12.2 Å². The highest BCUT2D eigenvalue weighted by atomic mass is 32.2. The van der Waals surface area contributed by atoms with E-state index in [0.717, 1.165) is 29.8 Å². The molecule has 3 aromatic carbocycles. The van der Waals surface area contributed by atoms with E-state index in [0.29, 0.717) is 11.3 Å². The zero-order chi connectivity index (χ0) is 24.9. The molecule has 10 nitrogen and oxygen atoms in total. The van der Waals surface area contributed by atoms with Gasteiger partial charge < -0.3 is 5.32 Å². The van der Waals surface area contributed by atoms with Crippen molar-refractivity contribution in [2.24, 2.45) is 0 Å². The van der Waals surface area contributed by atoms with Crippen molar-refractivity contribution in [2.75, 3.05) is 5.32 Å². The highest BCUT2D eigenvalue weighted by Gasteiger charge is 2.19. The lowest BCUT2D eigenvalue weighted by Gasteiger charge is -2.12. The number of nitrogens with zero attached hydrogens (tertiary/aromatic N) is 1. The van der Waals surface area contributed by atoms with Crippen molar-refractivity contribution in [3.63, 3.8) is 0 Å². The standard InChI is InChI=1S/C22H18N4O6S2/c1-14-4-2-3-5-19(14)21(28)24-22(33)23-16-8-12-18(13-9-16)34(31,32)25-20(27)15-6-10-17(11-7-15)26(29)30/h2-13H,1H3,(H,25,27)(H2,23,24,28,33). The molecular formula is C22H18N4O6S2. The molecule has 0 saturated carbocycles. The molecular weight excluding hydrogens is 480 g/mol. The number of carbonyl (C=O) groups is 2. The Morgan fingerprint density at radius 2 is 1.53 bits per heavy atom. The second kappa shape index (κ2) is 10.2. The van der Waals surface area contributed by atoms with Crippen molar-refractivity contribution in [1.29, 1.82) is 0 Å². The lowest BCUT2D eigenvalue weighted by atomic mass is 10.1. The minimum atomic E-state index is -4.20. The maximum Gasteiger partial charge on any atom is 0.269 e. The van der Waals surface area contributed by atoms with Crippen LogP contribution in [-0.2, 0) is 10.0 Å². The van der Waals surface area contributed by atoms with Crippen LogP contribution in [0.5, 0.6) is 0 Å². The van der Waals surface area contributed by atoms with Crippen LogP contribution < -0.4 is 15.4 Å². The van der Waals surface area contributed by atoms with Crippen molar-refractivity contribution in [2.45, 2.75) is 11.8 Å². The van der Waals surface area contributed by atoms with Gasteiger partial charge in [-0.1, -0.05) is 18.2 Å². The average Bonchev–Trinajstić information content (AvgIpc) is 2.79. The lowest BCUT2D eigenvalue weighted by molar-refractivity contribution is -0.384. The summed E-state index contributed by atoms with van der Waals surface area (Å²) in [5.74, 6) is -1.32. The molecule has 0 aliphatic carbocycles. The molecule has 0 aliphatic rings. The summed E-state index contributed by atoms with van der Waals surface area (Å²) in [6.45, 7) is 1.80. The zero-order valence-electron chi connectivity index (χ0n) is 17.6. The van der Waals surface area contributed by atoms with Gasteiger partial charge in [-0.15, -0.1) is 0 Å². The Labute approximate surface area is 200 Å². The minimum Gasteiger partial charge on any atom is -0.332 e. The highest BCUT2D eigenvalue weighted by Crippen LogP contribution is 2.16. The van der Waals surface area contributed by atoms with Gasteiger partial charge >= 0.3 is 0 Å². The molecule has 174 valence electrons. The first-order valence-electron chi connectivity index (χ1n) is 9.66. The average molecular weight is 499 g/mol. The van der Waals surface area contributed by atoms with Crippen LogP contribution in [0.3, 0.4) is 0 Å². The van der Waals surface area contributed by atoms with Crippen LogP contribution in [0.1, 0.15) is 26.3 Å². The van der Waals surface area contributed by atoms with Crippen molar-refractivity contribution >= 4 is 50.5 Å². The molecule has 0 saturated heterocycles. The van der Waals surface area contributed by atoms with E-state index in [1.165, 1.54) is 24.3 Å². The van der Waals surface area contributed by atoms with Gasteiger partial charge in [-0.3, -0.25) is 25.0 Å². The van der Waals surface area contributed by atoms with Crippen LogP contribution in [0, 0.1) is 17.0 Å². The Hall–Kier alpha value is -4.16. The normalized spacial score (nSPS) is 10.7. The number of carbonyl (C=O) groups excluding carboxylic acids is 2. The Kier molecular flexibility index (Phi) is 7.34. The van der Waals surface area contributed by atoms with Crippen LogP contribution in [0.25, 0.3) is 0 Å². The molecule has 3 aromatic rings. The number of rotatable bonds is 6. The van der Waals surface area contributed by atoms with E-state index in [1.54, 1.807) is 25.1 Å². The smallest absolute Gasteiger partial charge is 0.269 e. The molecule has 12 heteroatoms. The SMILES string of the molecule is Cc1ccccc1C(=O)NC(=S)Nc1ccc(S(=O)(=O)NC(=O)c2ccc([N+](=O)[O-])cc2)cc1. The number of non-ortho nitro benzene ring substituents is 1. The van der Waals surface area contributed by atoms with E-state index in [4.69, 9.17) is 12.2 Å². The van der Waals surface area contributed by atoms with Gasteiger partial charge in [0.1, 0.15) is 0 Å². The van der Waals surface area contributed by atoms with Gasteiger partial charge in [-0.05, 0) is 67.2 Å². The molecule has 0 unspecified atom stereocenters. The second-order valence-corrected chi connectivity index (χ2v) is 9.08. The molecule has 0 fully saturated rings. The van der Waals surface area contributed by atoms with Crippen molar-refractivity contribution in [1.82, 2.24) is 10.0 Å². The van der Waals surface area contributed by atoms with Crippen molar-refractivity contribution in [3.05, 3.63) is 99.6 Å². The number of sulfonamides is 1. The number of anilines is 1. The first-order valence-corrected chi connectivity index (χ1v) is 11.6. The van der Waals surface area contributed by atoms with Gasteiger partial charge in [0.2, 0.25) is 0 Å². The van der Waals surface area contributed by atoms with E-state index in [9.17, 15) is 28.1 Å². The number of hydrogen-bond donors (Lipinski definition) is 3. The molecule has 0 aromatic heterocycles. The van der Waals surface area contributed by atoms with Crippen LogP contribution in [0.4, 0.5) is 11.4 Å². The molecule has 2 amide bonds. The summed E-state index contributed by atoms with van der Waals surface area (Å²) in [6.07, 6.45) is 0. The molecule has 3 N–H and O–H groups in total. The largest absolute Gasteiger partial charge is 0.332 e. The number of nitro benzene ring substituents is 1. The fraction of sp³-hybridized carbons (Fsp3) is 0.0455. The van der Waals surface area contributed by atoms with Crippen molar-refractivity contribution in [3.8, 4) is 0 Å². The van der Waals surface area contributed by atoms with E-state index < -0.39 is 20.9 Å². The zero-order valence-corrected chi connectivity index (χ0v) is 19.3. The third kappa shape index (κ3) is 5.99. The Balaban J connectivity index is 1.63. The predicted octanol–water partition coefficient (Wildman–Crippen LogP) is 3.15. The Bertz CT molecular complexity index is 1370. The molecule has 0 spiro atoms. The topological polar surface area (TPSA) is 148 Å². The first kappa shape index (κ1) is 24.5. The van der Waals surface area contributed by atoms with E-state index in [-0.39, 0.29) is 27.2 Å². The molecule has 0 heterocycles. The maximum atomic E-state index is 12.5. The number of aryl methyl sites for hydroxylation is 1. The number of nitrogens with one attached hydrogen (secondary N) is 3. The fourth-order valence-corrected chi connectivity index (χ4v) is 4.04. The molecule has 0 bridgehead atoms. The fourth-order valence-electron chi connectivity index (χ4n) is 2.85. The number of nitro groups is 1. The van der Waals surface area contributed by atoms with E-state index in [1.807, 2.05) is 10.8 Å². The summed E-state index contributed by atoms with van der Waals surface area (Å²) >= 11 is 5.14. The van der Waals surface area contributed by atoms with Gasteiger partial charge in [0, 0.05) is 28.9 Å². The van der Waals surface area contributed by atoms with Gasteiger partial charge in [0.15, 0.2) is 5.11 Å². The Morgan fingerprint density at radius 1 is 0.912 bits per heavy atom. The van der Waals surface area contributed by atoms with E-state index in [2.05, 4.69) is 10.6 Å². The quantitative estimate of drug-likeness (QED) is 0.267. The van der Waals surface area contributed by atoms with Crippen molar-refractivity contribution < 1.29 is 22.9 Å². The van der Waals surface area contributed by atoms with Gasteiger partial charge in [0.25, 0.3) is 27.5 Å². The molecule has 3 rings (SSSR count). The van der Waals surface area contributed by atoms with Gasteiger partial charge in [-0.25, -0.2) is 13.1 Å². The molecule has 0 atom stereocenters. The molecule has 0 aliphatic heterocycles. The maximum absolute atomic E-state index is 12.5. The van der Waals surface area contributed by atoms with Crippen LogP contribution in [-0.4, -0.2) is 30.3 Å². The number of hydrogen-bond acceptors (Lipinski definition) is 7. The minimum absolute atomic E-state index is 0.0235. The number of amides is 2. The third-order valence-electron chi connectivity index (χ3n) is 4.61.